The van der Waals surface area contributed by atoms with Gasteiger partial charge in [0, 0.05) is 29.3 Å². The van der Waals surface area contributed by atoms with Crippen molar-refractivity contribution >= 4 is 39.6 Å². The van der Waals surface area contributed by atoms with Crippen LogP contribution in [0.1, 0.15) is 25.3 Å². The number of hydrogen-bond donors (Lipinski definition) is 3. The lowest BCUT2D eigenvalue weighted by molar-refractivity contribution is -0.115. The number of amides is 4. The van der Waals surface area contributed by atoms with Crippen LogP contribution in [0.25, 0.3) is 0 Å². The summed E-state index contributed by atoms with van der Waals surface area (Å²) in [7, 11) is 0. The first-order chi connectivity index (χ1) is 12.9. The van der Waals surface area contributed by atoms with Crippen LogP contribution in [0.15, 0.2) is 22.7 Å². The molecule has 4 amide bonds. The van der Waals surface area contributed by atoms with Crippen LogP contribution in [0.4, 0.5) is 15.3 Å². The van der Waals surface area contributed by atoms with E-state index < -0.39 is 6.03 Å². The molecule has 0 atom stereocenters. The second-order valence-electron chi connectivity index (χ2n) is 6.29. The van der Waals surface area contributed by atoms with Gasteiger partial charge in [0.15, 0.2) is 0 Å². The molecule has 1 aromatic rings. The number of rotatable bonds is 5. The van der Waals surface area contributed by atoms with Crippen molar-refractivity contribution in [3.8, 4) is 0 Å². The van der Waals surface area contributed by atoms with Gasteiger partial charge in [0.1, 0.15) is 0 Å². The summed E-state index contributed by atoms with van der Waals surface area (Å²) in [4.78, 5) is 37.3. The van der Waals surface area contributed by atoms with Crippen molar-refractivity contribution in [1.29, 1.82) is 0 Å². The monoisotopic (exact) mass is 440 g/mol. The van der Waals surface area contributed by atoms with E-state index in [1.807, 2.05) is 19.1 Å². The quantitative estimate of drug-likeness (QED) is 0.654. The van der Waals surface area contributed by atoms with Crippen LogP contribution in [-0.2, 0) is 9.53 Å². The average molecular weight is 441 g/mol. The first kappa shape index (κ1) is 21.0. The molecule has 1 saturated heterocycles. The van der Waals surface area contributed by atoms with Crippen LogP contribution < -0.4 is 16.0 Å². The Morgan fingerprint density at radius 1 is 1.26 bits per heavy atom. The van der Waals surface area contributed by atoms with Gasteiger partial charge in [0.05, 0.1) is 13.2 Å². The molecule has 27 heavy (non-hydrogen) atoms. The predicted octanol–water partition coefficient (Wildman–Crippen LogP) is 2.62. The van der Waals surface area contributed by atoms with Crippen LogP contribution in [0, 0.1) is 6.92 Å². The van der Waals surface area contributed by atoms with E-state index in [4.69, 9.17) is 4.74 Å². The van der Waals surface area contributed by atoms with Crippen molar-refractivity contribution < 1.29 is 19.1 Å². The standard InChI is InChI=1S/C18H25BrN4O4/c1-3-27-18(26)23-8-6-14(7-9-23)21-17(25)20-11-16(24)22-15-5-4-13(19)10-12(15)2/h4-5,10,14H,3,6-9,11H2,1-2H3,(H,22,24)(H2,20,21,25). The first-order valence-corrected chi connectivity index (χ1v) is 9.70. The molecule has 3 N–H and O–H groups in total. The van der Waals surface area contributed by atoms with E-state index >= 15 is 0 Å². The SMILES string of the molecule is CCOC(=O)N1CCC(NC(=O)NCC(=O)Nc2ccc(Br)cc2C)CC1. The summed E-state index contributed by atoms with van der Waals surface area (Å²) in [5.41, 5.74) is 1.63. The van der Waals surface area contributed by atoms with E-state index in [9.17, 15) is 14.4 Å². The Bertz CT molecular complexity index is 690. The van der Waals surface area contributed by atoms with Crippen LogP contribution in [-0.4, -0.2) is 55.2 Å². The van der Waals surface area contributed by atoms with E-state index in [1.54, 1.807) is 17.9 Å². The van der Waals surface area contributed by atoms with E-state index in [1.165, 1.54) is 0 Å². The number of likely N-dealkylation sites (tertiary alicyclic amines) is 1. The van der Waals surface area contributed by atoms with Gasteiger partial charge in [-0.25, -0.2) is 9.59 Å². The minimum absolute atomic E-state index is 0.0348. The summed E-state index contributed by atoms with van der Waals surface area (Å²) in [5, 5.41) is 8.16. The Morgan fingerprint density at radius 2 is 1.96 bits per heavy atom. The maximum absolute atomic E-state index is 12.0. The fourth-order valence-electron chi connectivity index (χ4n) is 2.78. The van der Waals surface area contributed by atoms with Crippen molar-refractivity contribution in [2.45, 2.75) is 32.7 Å². The third-order valence-corrected chi connectivity index (χ3v) is 4.72. The average Bonchev–Trinajstić information content (AvgIpc) is 2.63. The third-order valence-electron chi connectivity index (χ3n) is 4.23. The Morgan fingerprint density at radius 3 is 2.59 bits per heavy atom. The minimum Gasteiger partial charge on any atom is -0.450 e. The first-order valence-electron chi connectivity index (χ1n) is 8.91. The second kappa shape index (κ2) is 10.1. The summed E-state index contributed by atoms with van der Waals surface area (Å²) in [6.07, 6.45) is 0.979. The van der Waals surface area contributed by atoms with Gasteiger partial charge >= 0.3 is 12.1 Å². The highest BCUT2D eigenvalue weighted by Crippen LogP contribution is 2.19. The third kappa shape index (κ3) is 6.74. The zero-order valence-corrected chi connectivity index (χ0v) is 17.1. The molecule has 0 unspecified atom stereocenters. The number of anilines is 1. The van der Waals surface area contributed by atoms with E-state index in [0.29, 0.717) is 38.2 Å². The lowest BCUT2D eigenvalue weighted by Crippen LogP contribution is -2.50. The highest BCUT2D eigenvalue weighted by molar-refractivity contribution is 9.10. The van der Waals surface area contributed by atoms with Crippen LogP contribution in [0.2, 0.25) is 0 Å². The fourth-order valence-corrected chi connectivity index (χ4v) is 3.26. The van der Waals surface area contributed by atoms with Crippen molar-refractivity contribution in [2.24, 2.45) is 0 Å². The van der Waals surface area contributed by atoms with E-state index in [-0.39, 0.29) is 24.6 Å². The zero-order valence-electron chi connectivity index (χ0n) is 15.5. The van der Waals surface area contributed by atoms with Crippen LogP contribution >= 0.6 is 15.9 Å². The number of aryl methyl sites for hydroxylation is 1. The molecule has 1 aliphatic heterocycles. The number of nitrogens with one attached hydrogen (secondary N) is 3. The van der Waals surface area contributed by atoms with Gasteiger partial charge in [-0.3, -0.25) is 4.79 Å². The van der Waals surface area contributed by atoms with Crippen molar-refractivity contribution in [3.63, 3.8) is 0 Å². The van der Waals surface area contributed by atoms with Gasteiger partial charge in [0.2, 0.25) is 5.91 Å². The topological polar surface area (TPSA) is 99.8 Å². The summed E-state index contributed by atoms with van der Waals surface area (Å²) >= 11 is 3.37. The maximum atomic E-state index is 12.0. The Kier molecular flexibility index (Phi) is 7.90. The van der Waals surface area contributed by atoms with E-state index in [0.717, 1.165) is 10.0 Å². The summed E-state index contributed by atoms with van der Waals surface area (Å²) in [5.74, 6) is -0.298. The van der Waals surface area contributed by atoms with Crippen molar-refractivity contribution in [1.82, 2.24) is 15.5 Å². The molecule has 1 fully saturated rings. The number of carbonyl (C=O) groups excluding carboxylic acids is 3. The maximum Gasteiger partial charge on any atom is 0.409 e. The van der Waals surface area contributed by atoms with Gasteiger partial charge < -0.3 is 25.6 Å². The molecule has 0 aromatic heterocycles. The number of urea groups is 1. The molecule has 0 bridgehead atoms. The van der Waals surface area contributed by atoms with Crippen LogP contribution in [0.3, 0.4) is 0 Å². The number of benzene rings is 1. The number of hydrogen-bond acceptors (Lipinski definition) is 4. The molecule has 148 valence electrons. The summed E-state index contributed by atoms with van der Waals surface area (Å²) in [6, 6.07) is 5.11. The molecule has 8 nitrogen and oxygen atoms in total. The molecule has 0 radical (unpaired) electrons. The highest BCUT2D eigenvalue weighted by Gasteiger charge is 2.24. The second-order valence-corrected chi connectivity index (χ2v) is 7.21. The van der Waals surface area contributed by atoms with Gasteiger partial charge in [-0.05, 0) is 50.5 Å². The van der Waals surface area contributed by atoms with Gasteiger partial charge in [0.25, 0.3) is 0 Å². The molecule has 2 rings (SSSR count). The molecular weight excluding hydrogens is 416 g/mol. The zero-order chi connectivity index (χ0) is 19.8. The predicted molar refractivity (Wildman–Crippen MR) is 106 cm³/mol. The number of nitrogens with zero attached hydrogens (tertiary/aromatic N) is 1. The fraction of sp³-hybridized carbons (Fsp3) is 0.500. The van der Waals surface area contributed by atoms with E-state index in [2.05, 4.69) is 31.9 Å². The molecule has 1 heterocycles. The molecule has 0 saturated carbocycles. The molecule has 0 aliphatic carbocycles. The minimum atomic E-state index is -0.396. The van der Waals surface area contributed by atoms with Crippen molar-refractivity contribution in [2.75, 3.05) is 31.6 Å². The Balaban J connectivity index is 1.69. The normalized spacial score (nSPS) is 14.4. The van der Waals surface area contributed by atoms with Gasteiger partial charge in [-0.15, -0.1) is 0 Å². The summed E-state index contributed by atoms with van der Waals surface area (Å²) < 4.78 is 5.90. The number of piperidine rings is 1. The Labute approximate surface area is 167 Å². The Hall–Kier alpha value is -2.29. The lowest BCUT2D eigenvalue weighted by Gasteiger charge is -2.31. The van der Waals surface area contributed by atoms with Gasteiger partial charge in [-0.1, -0.05) is 15.9 Å². The number of ether oxygens (including phenoxy) is 1. The molecular formula is C18H25BrN4O4. The van der Waals surface area contributed by atoms with Crippen molar-refractivity contribution in [3.05, 3.63) is 28.2 Å². The van der Waals surface area contributed by atoms with Crippen LogP contribution in [0.5, 0.6) is 0 Å². The number of halogens is 1. The largest absolute Gasteiger partial charge is 0.450 e. The summed E-state index contributed by atoms with van der Waals surface area (Å²) in [6.45, 7) is 4.96. The molecule has 1 aliphatic rings. The number of carbonyl (C=O) groups is 3. The molecule has 1 aromatic carbocycles. The highest BCUT2D eigenvalue weighted by atomic mass is 79.9. The molecule has 9 heteroatoms. The lowest BCUT2D eigenvalue weighted by atomic mass is 10.1. The smallest absolute Gasteiger partial charge is 0.409 e. The molecule has 0 spiro atoms. The van der Waals surface area contributed by atoms with Gasteiger partial charge in [-0.2, -0.15) is 0 Å².